The molecule has 0 aromatic heterocycles. The molecule has 0 radical (unpaired) electrons. The van der Waals surface area contributed by atoms with Gasteiger partial charge in [-0.15, -0.1) is 0 Å². The summed E-state index contributed by atoms with van der Waals surface area (Å²) in [5.74, 6) is 2.63. The minimum absolute atomic E-state index is 0.747. The average Bonchev–Trinajstić information content (AvgIpc) is 3.15. The van der Waals surface area contributed by atoms with Crippen LogP contribution in [0.15, 0.2) is 10.1 Å². The van der Waals surface area contributed by atoms with E-state index in [1.807, 2.05) is 11.3 Å². The lowest BCUT2D eigenvalue weighted by Gasteiger charge is -2.13. The first kappa shape index (κ1) is 9.19. The average molecular weight is 206 g/mol. The van der Waals surface area contributed by atoms with Crippen LogP contribution in [0.3, 0.4) is 0 Å². The third kappa shape index (κ3) is 2.30. The molecule has 0 atom stereocenters. The fraction of sp³-hybridized carbons (Fsp3) is 0.818. The summed E-state index contributed by atoms with van der Waals surface area (Å²) >= 11 is 0. The second-order valence-corrected chi connectivity index (χ2v) is 4.85. The highest BCUT2D eigenvalue weighted by Gasteiger charge is 2.40. The molecule has 2 saturated carbocycles. The van der Waals surface area contributed by atoms with Crippen molar-refractivity contribution < 1.29 is 0 Å². The molecule has 0 unspecified atom stereocenters. The zero-order valence-electron chi connectivity index (χ0n) is 8.97. The molecule has 3 rings (SSSR count). The van der Waals surface area contributed by atoms with E-state index in [-0.39, 0.29) is 0 Å². The largest absolute Gasteiger partial charge is 0.272 e. The number of hydrogen-bond acceptors (Lipinski definition) is 4. The fourth-order valence-electron chi connectivity index (χ4n) is 2.24. The molecule has 0 bridgehead atoms. The Morgan fingerprint density at radius 3 is 2.60 bits per heavy atom. The molecule has 15 heavy (non-hydrogen) atoms. The van der Waals surface area contributed by atoms with Crippen LogP contribution in [-0.4, -0.2) is 30.7 Å². The zero-order valence-corrected chi connectivity index (χ0v) is 8.97. The van der Waals surface area contributed by atoms with Gasteiger partial charge in [0.05, 0.1) is 13.1 Å². The van der Waals surface area contributed by atoms with Crippen LogP contribution in [0.2, 0.25) is 0 Å². The summed E-state index contributed by atoms with van der Waals surface area (Å²) in [5.41, 5.74) is 3.03. The van der Waals surface area contributed by atoms with Crippen molar-refractivity contribution >= 4 is 12.6 Å². The van der Waals surface area contributed by atoms with Gasteiger partial charge in [0.15, 0.2) is 0 Å². The summed E-state index contributed by atoms with van der Waals surface area (Å²) in [6.07, 6.45) is 9.62. The molecule has 4 nitrogen and oxygen atoms in total. The van der Waals surface area contributed by atoms with E-state index in [0.717, 1.165) is 30.8 Å². The standard InChI is InChI=1S/C11H18N4/c1-2-9(1)11(10-3-4-10)7-13-14-15-6-5-12-8-15/h7-11,14H,1-6H2/b13-7+. The Kier molecular flexibility index (Phi) is 2.35. The first-order valence-corrected chi connectivity index (χ1v) is 5.99. The normalized spacial score (nSPS) is 25.8. The molecule has 1 aliphatic heterocycles. The highest BCUT2D eigenvalue weighted by Crippen LogP contribution is 2.48. The topological polar surface area (TPSA) is 40.0 Å². The predicted octanol–water partition coefficient (Wildman–Crippen LogP) is 1.26. The Labute approximate surface area is 90.4 Å². The maximum Gasteiger partial charge on any atom is 0.105 e. The highest BCUT2D eigenvalue weighted by atomic mass is 15.7. The van der Waals surface area contributed by atoms with Crippen LogP contribution in [0.5, 0.6) is 0 Å². The molecular formula is C11H18N4. The van der Waals surface area contributed by atoms with Crippen LogP contribution in [0.1, 0.15) is 25.7 Å². The van der Waals surface area contributed by atoms with Gasteiger partial charge in [0, 0.05) is 12.1 Å². The summed E-state index contributed by atoms with van der Waals surface area (Å²) in [6, 6.07) is 0. The van der Waals surface area contributed by atoms with Crippen molar-refractivity contribution in [2.24, 2.45) is 27.8 Å². The summed E-state index contributed by atoms with van der Waals surface area (Å²) in [5, 5.41) is 6.27. The van der Waals surface area contributed by atoms with E-state index in [1.54, 1.807) is 0 Å². The van der Waals surface area contributed by atoms with Crippen LogP contribution in [0.25, 0.3) is 0 Å². The predicted molar refractivity (Wildman–Crippen MR) is 60.6 cm³/mol. The van der Waals surface area contributed by atoms with Crippen LogP contribution in [0, 0.1) is 17.8 Å². The Morgan fingerprint density at radius 2 is 2.07 bits per heavy atom. The maximum absolute atomic E-state index is 4.34. The highest BCUT2D eigenvalue weighted by molar-refractivity contribution is 5.63. The van der Waals surface area contributed by atoms with Crippen molar-refractivity contribution in [3.63, 3.8) is 0 Å². The molecular weight excluding hydrogens is 188 g/mol. The molecule has 1 heterocycles. The molecule has 3 aliphatic rings. The second kappa shape index (κ2) is 3.83. The van der Waals surface area contributed by atoms with Gasteiger partial charge >= 0.3 is 0 Å². The Balaban J connectivity index is 1.48. The number of nitrogens with zero attached hydrogens (tertiary/aromatic N) is 3. The molecule has 1 N–H and O–H groups in total. The number of hydrazone groups is 1. The Hall–Kier alpha value is -1.06. The van der Waals surface area contributed by atoms with E-state index in [1.165, 1.54) is 25.7 Å². The molecule has 2 fully saturated rings. The first-order valence-electron chi connectivity index (χ1n) is 5.99. The van der Waals surface area contributed by atoms with Gasteiger partial charge < -0.3 is 0 Å². The number of aliphatic imine (C=N–C) groups is 1. The van der Waals surface area contributed by atoms with Crippen LogP contribution < -0.4 is 5.53 Å². The van der Waals surface area contributed by atoms with E-state index in [4.69, 9.17) is 0 Å². The van der Waals surface area contributed by atoms with E-state index in [0.29, 0.717) is 0 Å². The van der Waals surface area contributed by atoms with Crippen molar-refractivity contribution in [3.8, 4) is 0 Å². The van der Waals surface area contributed by atoms with Crippen molar-refractivity contribution in [3.05, 3.63) is 0 Å². The lowest BCUT2D eigenvalue weighted by molar-refractivity contribution is 0.351. The van der Waals surface area contributed by atoms with Gasteiger partial charge in [0.2, 0.25) is 0 Å². The first-order chi connectivity index (χ1) is 7.43. The van der Waals surface area contributed by atoms with E-state index < -0.39 is 0 Å². The molecule has 4 heteroatoms. The zero-order chi connectivity index (χ0) is 10.1. The fourth-order valence-corrected chi connectivity index (χ4v) is 2.24. The molecule has 0 aromatic rings. The molecule has 2 aliphatic carbocycles. The smallest absolute Gasteiger partial charge is 0.105 e. The molecule has 0 amide bonds. The van der Waals surface area contributed by atoms with Gasteiger partial charge in [-0.2, -0.15) is 5.10 Å². The molecule has 0 spiro atoms. The van der Waals surface area contributed by atoms with Crippen molar-refractivity contribution in [1.82, 2.24) is 10.5 Å². The maximum atomic E-state index is 4.34. The van der Waals surface area contributed by atoms with Gasteiger partial charge in [-0.05, 0) is 37.5 Å². The van der Waals surface area contributed by atoms with Crippen LogP contribution >= 0.6 is 0 Å². The second-order valence-electron chi connectivity index (χ2n) is 4.85. The summed E-state index contributed by atoms with van der Waals surface area (Å²) in [6.45, 7) is 1.83. The van der Waals surface area contributed by atoms with Crippen molar-refractivity contribution in [2.75, 3.05) is 13.1 Å². The quantitative estimate of drug-likeness (QED) is 0.543. The van der Waals surface area contributed by atoms with E-state index in [2.05, 4.69) is 21.8 Å². The van der Waals surface area contributed by atoms with Crippen molar-refractivity contribution in [1.29, 1.82) is 0 Å². The summed E-state index contributed by atoms with van der Waals surface area (Å²) < 4.78 is 0. The molecule has 0 aromatic carbocycles. The van der Waals surface area contributed by atoms with E-state index >= 15 is 0 Å². The number of hydrazine groups is 1. The van der Waals surface area contributed by atoms with Gasteiger partial charge in [-0.25, -0.2) is 5.53 Å². The SMILES string of the molecule is C1=NCCN1N/N=C/C(C1CC1)C1CC1. The van der Waals surface area contributed by atoms with Gasteiger partial charge in [-0.1, -0.05) is 0 Å². The number of hydrogen-bond donors (Lipinski definition) is 1. The Morgan fingerprint density at radius 1 is 1.33 bits per heavy atom. The van der Waals surface area contributed by atoms with Gasteiger partial charge in [0.25, 0.3) is 0 Å². The van der Waals surface area contributed by atoms with Crippen LogP contribution in [0.4, 0.5) is 0 Å². The summed E-state index contributed by atoms with van der Waals surface area (Å²) in [7, 11) is 0. The molecule has 0 saturated heterocycles. The van der Waals surface area contributed by atoms with Crippen molar-refractivity contribution in [2.45, 2.75) is 25.7 Å². The van der Waals surface area contributed by atoms with Gasteiger partial charge in [-0.3, -0.25) is 10.0 Å². The Bertz CT molecular complexity index is 266. The van der Waals surface area contributed by atoms with E-state index in [9.17, 15) is 0 Å². The number of rotatable bonds is 5. The summed E-state index contributed by atoms with van der Waals surface area (Å²) in [4.78, 5) is 4.12. The minimum atomic E-state index is 0.747. The van der Waals surface area contributed by atoms with Gasteiger partial charge in [0.1, 0.15) is 6.34 Å². The molecule has 82 valence electrons. The lowest BCUT2D eigenvalue weighted by Crippen LogP contribution is -2.31. The van der Waals surface area contributed by atoms with Crippen LogP contribution in [-0.2, 0) is 0 Å². The lowest BCUT2D eigenvalue weighted by atomic mass is 10.00. The monoisotopic (exact) mass is 206 g/mol. The minimum Gasteiger partial charge on any atom is -0.272 e. The number of nitrogens with one attached hydrogen (secondary N) is 1. The third-order valence-corrected chi connectivity index (χ3v) is 3.46. The third-order valence-electron chi connectivity index (χ3n) is 3.46.